The van der Waals surface area contributed by atoms with Gasteiger partial charge in [0.25, 0.3) is 5.91 Å². The number of amides is 1. The van der Waals surface area contributed by atoms with Gasteiger partial charge in [0, 0.05) is 26.4 Å². The Balaban J connectivity index is 1.86. The van der Waals surface area contributed by atoms with E-state index in [1.54, 1.807) is 24.3 Å². The molecule has 110 valence electrons. The molecule has 0 aliphatic carbocycles. The molecule has 3 rings (SSSR count). The first-order chi connectivity index (χ1) is 10.2. The molecule has 0 saturated heterocycles. The first-order valence-electron chi connectivity index (χ1n) is 6.82. The van der Waals surface area contributed by atoms with Crippen molar-refractivity contribution in [3.8, 4) is 0 Å². The largest absolute Gasteiger partial charge is 0.378 e. The number of fused-ring (bicyclic) bond motifs is 1. The molecule has 0 bridgehead atoms. The van der Waals surface area contributed by atoms with Crippen LogP contribution in [0, 0.1) is 0 Å². The molecule has 0 fully saturated rings. The molecule has 3 heterocycles. The van der Waals surface area contributed by atoms with Crippen molar-refractivity contribution >= 4 is 5.91 Å². The Kier molecular flexibility index (Phi) is 3.66. The SMILES string of the molecule is COCc1cnc2n1CCN(C(=O)c1ccncn1)C2C. The molecule has 7 heteroatoms. The minimum atomic E-state index is -0.0909. The van der Waals surface area contributed by atoms with Crippen LogP contribution in [-0.4, -0.2) is 44.0 Å². The van der Waals surface area contributed by atoms with Crippen LogP contribution in [0.4, 0.5) is 0 Å². The van der Waals surface area contributed by atoms with Crippen molar-refractivity contribution in [2.75, 3.05) is 13.7 Å². The van der Waals surface area contributed by atoms with E-state index < -0.39 is 0 Å². The first-order valence-corrected chi connectivity index (χ1v) is 6.82. The number of nitrogens with zero attached hydrogens (tertiary/aromatic N) is 5. The zero-order valence-electron chi connectivity index (χ0n) is 12.1. The van der Waals surface area contributed by atoms with E-state index in [1.807, 2.05) is 13.1 Å². The maximum atomic E-state index is 12.5. The minimum Gasteiger partial charge on any atom is -0.378 e. The molecule has 0 radical (unpaired) electrons. The number of carbonyl (C=O) groups is 1. The molecule has 1 unspecified atom stereocenters. The molecule has 0 saturated carbocycles. The third kappa shape index (κ3) is 2.40. The van der Waals surface area contributed by atoms with Crippen LogP contribution in [0.3, 0.4) is 0 Å². The van der Waals surface area contributed by atoms with Crippen molar-refractivity contribution in [2.45, 2.75) is 26.1 Å². The molecule has 1 aliphatic rings. The monoisotopic (exact) mass is 287 g/mol. The van der Waals surface area contributed by atoms with Crippen LogP contribution in [0.15, 0.2) is 24.8 Å². The Bertz CT molecular complexity index is 640. The Morgan fingerprint density at radius 3 is 3.00 bits per heavy atom. The van der Waals surface area contributed by atoms with E-state index in [4.69, 9.17) is 4.74 Å². The van der Waals surface area contributed by atoms with E-state index >= 15 is 0 Å². The number of hydrogen-bond donors (Lipinski definition) is 0. The molecule has 1 aliphatic heterocycles. The third-order valence-corrected chi connectivity index (χ3v) is 3.73. The van der Waals surface area contributed by atoms with Gasteiger partial charge >= 0.3 is 0 Å². The quantitative estimate of drug-likeness (QED) is 0.843. The maximum Gasteiger partial charge on any atom is 0.273 e. The van der Waals surface area contributed by atoms with Crippen molar-refractivity contribution < 1.29 is 9.53 Å². The fourth-order valence-corrected chi connectivity index (χ4v) is 2.66. The van der Waals surface area contributed by atoms with Gasteiger partial charge in [-0.1, -0.05) is 0 Å². The van der Waals surface area contributed by atoms with Gasteiger partial charge in [0.05, 0.1) is 24.5 Å². The van der Waals surface area contributed by atoms with E-state index in [1.165, 1.54) is 6.33 Å². The highest BCUT2D eigenvalue weighted by atomic mass is 16.5. The van der Waals surface area contributed by atoms with Crippen molar-refractivity contribution in [1.29, 1.82) is 0 Å². The van der Waals surface area contributed by atoms with Crippen LogP contribution in [0.1, 0.15) is 35.0 Å². The van der Waals surface area contributed by atoms with Gasteiger partial charge in [-0.15, -0.1) is 0 Å². The highest BCUT2D eigenvalue weighted by Crippen LogP contribution is 2.26. The molecule has 7 nitrogen and oxygen atoms in total. The second-order valence-corrected chi connectivity index (χ2v) is 4.96. The highest BCUT2D eigenvalue weighted by molar-refractivity contribution is 5.92. The maximum absolute atomic E-state index is 12.5. The number of aromatic nitrogens is 4. The zero-order valence-corrected chi connectivity index (χ0v) is 12.1. The van der Waals surface area contributed by atoms with Gasteiger partial charge < -0.3 is 14.2 Å². The summed E-state index contributed by atoms with van der Waals surface area (Å²) in [5.41, 5.74) is 1.45. The van der Waals surface area contributed by atoms with E-state index in [0.29, 0.717) is 18.8 Å². The summed E-state index contributed by atoms with van der Waals surface area (Å²) >= 11 is 0. The Morgan fingerprint density at radius 2 is 2.29 bits per heavy atom. The molecular formula is C14H17N5O2. The molecular weight excluding hydrogens is 270 g/mol. The van der Waals surface area contributed by atoms with Gasteiger partial charge in [0.1, 0.15) is 17.8 Å². The molecule has 2 aromatic rings. The normalized spacial score (nSPS) is 17.6. The predicted molar refractivity (Wildman–Crippen MR) is 74.4 cm³/mol. The molecule has 21 heavy (non-hydrogen) atoms. The van der Waals surface area contributed by atoms with E-state index in [2.05, 4.69) is 19.5 Å². The summed E-state index contributed by atoms with van der Waals surface area (Å²) < 4.78 is 7.30. The molecule has 1 atom stereocenters. The number of rotatable bonds is 3. The van der Waals surface area contributed by atoms with E-state index in [0.717, 1.165) is 18.1 Å². The van der Waals surface area contributed by atoms with Gasteiger partial charge in [-0.3, -0.25) is 4.79 Å². The third-order valence-electron chi connectivity index (χ3n) is 3.73. The van der Waals surface area contributed by atoms with Gasteiger partial charge in [0.15, 0.2) is 0 Å². The van der Waals surface area contributed by atoms with Crippen LogP contribution >= 0.6 is 0 Å². The average molecular weight is 287 g/mol. The summed E-state index contributed by atoms with van der Waals surface area (Å²) in [7, 11) is 1.66. The van der Waals surface area contributed by atoms with Crippen LogP contribution in [0.2, 0.25) is 0 Å². The van der Waals surface area contributed by atoms with E-state index in [9.17, 15) is 4.79 Å². The summed E-state index contributed by atoms with van der Waals surface area (Å²) in [5, 5.41) is 0. The summed E-state index contributed by atoms with van der Waals surface area (Å²) in [4.78, 5) is 26.6. The van der Waals surface area contributed by atoms with Crippen LogP contribution < -0.4 is 0 Å². The van der Waals surface area contributed by atoms with Gasteiger partial charge in [-0.25, -0.2) is 15.0 Å². The average Bonchev–Trinajstić information content (AvgIpc) is 2.92. The molecule has 2 aromatic heterocycles. The second-order valence-electron chi connectivity index (χ2n) is 4.96. The van der Waals surface area contributed by atoms with E-state index in [-0.39, 0.29) is 11.9 Å². The summed E-state index contributed by atoms with van der Waals surface area (Å²) in [5.74, 6) is 0.795. The molecule has 0 spiro atoms. The lowest BCUT2D eigenvalue weighted by atomic mass is 10.2. The van der Waals surface area contributed by atoms with Crippen molar-refractivity contribution in [3.63, 3.8) is 0 Å². The van der Waals surface area contributed by atoms with Crippen LogP contribution in [-0.2, 0) is 17.9 Å². The summed E-state index contributed by atoms with van der Waals surface area (Å²) in [6.07, 6.45) is 4.78. The highest BCUT2D eigenvalue weighted by Gasteiger charge is 2.31. The topological polar surface area (TPSA) is 73.1 Å². The number of imidazole rings is 1. The van der Waals surface area contributed by atoms with Crippen LogP contribution in [0.5, 0.6) is 0 Å². The Labute approximate surface area is 122 Å². The smallest absolute Gasteiger partial charge is 0.273 e. The van der Waals surface area contributed by atoms with Crippen LogP contribution in [0.25, 0.3) is 0 Å². The molecule has 1 amide bonds. The Hall–Kier alpha value is -2.28. The number of carbonyl (C=O) groups excluding carboxylic acids is 1. The molecule has 0 aromatic carbocycles. The minimum absolute atomic E-state index is 0.0903. The Morgan fingerprint density at radius 1 is 1.43 bits per heavy atom. The fraction of sp³-hybridized carbons (Fsp3) is 0.429. The number of methoxy groups -OCH3 is 1. The predicted octanol–water partition coefficient (Wildman–Crippen LogP) is 1.04. The summed E-state index contributed by atoms with van der Waals surface area (Å²) in [6.45, 7) is 3.85. The number of ether oxygens (including phenoxy) is 1. The van der Waals surface area contributed by atoms with Crippen molar-refractivity contribution in [2.24, 2.45) is 0 Å². The van der Waals surface area contributed by atoms with Crippen molar-refractivity contribution in [3.05, 3.63) is 42.0 Å². The van der Waals surface area contributed by atoms with Gasteiger partial charge in [-0.05, 0) is 13.0 Å². The standard InChI is InChI=1S/C14H17N5O2/c1-10-13-16-7-11(8-21-2)19(13)6-5-18(10)14(20)12-3-4-15-9-17-12/h3-4,7,9-10H,5-6,8H2,1-2H3. The molecule has 0 N–H and O–H groups in total. The van der Waals surface area contributed by atoms with Crippen molar-refractivity contribution in [1.82, 2.24) is 24.4 Å². The lowest BCUT2D eigenvalue weighted by Gasteiger charge is -2.34. The first kappa shape index (κ1) is 13.7. The second kappa shape index (κ2) is 5.61. The fourth-order valence-electron chi connectivity index (χ4n) is 2.66. The van der Waals surface area contributed by atoms with Gasteiger partial charge in [0.2, 0.25) is 0 Å². The lowest BCUT2D eigenvalue weighted by Crippen LogP contribution is -2.41. The summed E-state index contributed by atoms with van der Waals surface area (Å²) in [6, 6.07) is 1.54. The number of hydrogen-bond acceptors (Lipinski definition) is 5. The zero-order chi connectivity index (χ0) is 14.8. The lowest BCUT2D eigenvalue weighted by molar-refractivity contribution is 0.0626. The van der Waals surface area contributed by atoms with Gasteiger partial charge in [-0.2, -0.15) is 0 Å².